The molecule has 1 atom stereocenters. The summed E-state index contributed by atoms with van der Waals surface area (Å²) in [7, 11) is -3.61. The molecule has 4 saturated carbocycles. The van der Waals surface area contributed by atoms with Crippen molar-refractivity contribution < 1.29 is 13.0 Å². The third-order valence-electron chi connectivity index (χ3n) is 5.69. The van der Waals surface area contributed by atoms with E-state index in [9.17, 15) is 8.42 Å². The largest absolute Gasteiger partial charge is 0.387 e. The number of hydrogen-bond donors (Lipinski definition) is 2. The maximum absolute atomic E-state index is 10.8. The molecular formula is C14H24N2O3S2. The van der Waals surface area contributed by atoms with Gasteiger partial charge in [-0.25, -0.2) is 0 Å². The van der Waals surface area contributed by atoms with Crippen molar-refractivity contribution in [2.45, 2.75) is 51.5 Å². The lowest BCUT2D eigenvalue weighted by molar-refractivity contribution is -0.0633. The molecule has 3 N–H and O–H groups in total. The maximum atomic E-state index is 10.8. The van der Waals surface area contributed by atoms with Gasteiger partial charge in [-0.2, -0.15) is 8.42 Å². The first-order valence-electron chi connectivity index (χ1n) is 7.70. The number of nitrogens with two attached hydrogens (primary N) is 1. The van der Waals surface area contributed by atoms with Gasteiger partial charge in [-0.15, -0.1) is 0 Å². The molecule has 0 aromatic heterocycles. The second kappa shape index (κ2) is 5.42. The van der Waals surface area contributed by atoms with Gasteiger partial charge in [0.15, 0.2) is 0 Å². The first-order chi connectivity index (χ1) is 9.76. The molecule has 21 heavy (non-hydrogen) atoms. The molecule has 4 bridgehead atoms. The smallest absolute Gasteiger partial charge is 0.320 e. The zero-order valence-corrected chi connectivity index (χ0v) is 14.0. The summed E-state index contributed by atoms with van der Waals surface area (Å²) in [6.07, 6.45) is 7.94. The highest BCUT2D eigenvalue weighted by Crippen LogP contribution is 2.61. The molecule has 4 aliphatic rings. The van der Waals surface area contributed by atoms with E-state index >= 15 is 0 Å². The Balaban J connectivity index is 1.68. The van der Waals surface area contributed by atoms with E-state index in [0.29, 0.717) is 16.6 Å². The highest BCUT2D eigenvalue weighted by molar-refractivity contribution is 8.70. The number of hydrogen-bond acceptors (Lipinski definition) is 4. The lowest BCUT2D eigenvalue weighted by Crippen LogP contribution is -2.50. The molecule has 0 amide bonds. The average Bonchev–Trinajstić information content (AvgIpc) is 2.34. The Hall–Kier alpha value is -0.270. The van der Waals surface area contributed by atoms with Crippen LogP contribution >= 0.6 is 10.8 Å². The molecule has 0 radical (unpaired) electrons. The van der Waals surface area contributed by atoms with E-state index in [1.807, 2.05) is 0 Å². The standard InChI is InChI=1S/C14H24N2O3S2/c1-9(16-13(15)8-20-21(17,18)19)14-5-10-2-11(6-14)4-12(3-10)7-14/h9-12H,2-8H2,1H3,(H2,15,16)(H,17,18,19). The SMILES string of the molecule is CC(N=C(N)CSS(=O)(=O)O)C12CC3CC(CC(C3)C1)C2. The second-order valence-corrected chi connectivity index (χ2v) is 10.6. The fourth-order valence-electron chi connectivity index (χ4n) is 5.25. The minimum absolute atomic E-state index is 0.0372. The minimum Gasteiger partial charge on any atom is -0.387 e. The lowest BCUT2D eigenvalue weighted by Gasteiger charge is -2.58. The molecule has 1 unspecified atom stereocenters. The first kappa shape index (κ1) is 15.6. The van der Waals surface area contributed by atoms with E-state index in [1.165, 1.54) is 38.5 Å². The summed E-state index contributed by atoms with van der Waals surface area (Å²) in [5.74, 6) is 2.95. The Morgan fingerprint density at radius 3 is 2.19 bits per heavy atom. The summed E-state index contributed by atoms with van der Waals surface area (Å²) >= 11 is 0. The third kappa shape index (κ3) is 3.40. The van der Waals surface area contributed by atoms with Gasteiger partial charge in [0.25, 0.3) is 0 Å². The molecule has 0 saturated heterocycles. The summed E-state index contributed by atoms with van der Waals surface area (Å²) in [4.78, 5) is 4.57. The Morgan fingerprint density at radius 1 is 1.29 bits per heavy atom. The van der Waals surface area contributed by atoms with Crippen LogP contribution in [0.15, 0.2) is 4.99 Å². The Morgan fingerprint density at radius 2 is 1.76 bits per heavy atom. The van der Waals surface area contributed by atoms with Crippen molar-refractivity contribution in [3.05, 3.63) is 0 Å². The minimum atomic E-state index is -4.04. The van der Waals surface area contributed by atoms with Crippen LogP contribution in [0.3, 0.4) is 0 Å². The highest BCUT2D eigenvalue weighted by atomic mass is 33.1. The van der Waals surface area contributed by atoms with Gasteiger partial charge in [0.05, 0.1) is 11.8 Å². The van der Waals surface area contributed by atoms with Gasteiger partial charge in [-0.05, 0) is 68.6 Å². The molecule has 0 aliphatic heterocycles. The fourth-order valence-corrected chi connectivity index (χ4v) is 6.40. The summed E-state index contributed by atoms with van der Waals surface area (Å²) in [6, 6.07) is 0.146. The van der Waals surface area contributed by atoms with E-state index in [4.69, 9.17) is 10.3 Å². The molecular weight excluding hydrogens is 308 g/mol. The van der Waals surface area contributed by atoms with Gasteiger partial charge in [0, 0.05) is 10.8 Å². The predicted molar refractivity (Wildman–Crippen MR) is 85.7 cm³/mol. The summed E-state index contributed by atoms with van der Waals surface area (Å²) in [5.41, 5.74) is 6.13. The second-order valence-electron chi connectivity index (χ2n) is 7.27. The molecule has 0 heterocycles. The van der Waals surface area contributed by atoms with Crippen LogP contribution in [0, 0.1) is 23.2 Å². The third-order valence-corrected chi connectivity index (χ3v) is 7.65. The molecule has 5 nitrogen and oxygen atoms in total. The average molecular weight is 332 g/mol. The number of nitrogens with zero attached hydrogens (tertiary/aromatic N) is 1. The molecule has 4 aliphatic carbocycles. The van der Waals surface area contributed by atoms with E-state index in [0.717, 1.165) is 17.8 Å². The van der Waals surface area contributed by atoms with Crippen molar-refractivity contribution in [3.8, 4) is 0 Å². The lowest BCUT2D eigenvalue weighted by atomic mass is 9.48. The summed E-state index contributed by atoms with van der Waals surface area (Å²) in [5, 5.41) is 0. The van der Waals surface area contributed by atoms with Crippen molar-refractivity contribution in [1.29, 1.82) is 0 Å². The van der Waals surface area contributed by atoms with Crippen LogP contribution < -0.4 is 5.73 Å². The van der Waals surface area contributed by atoms with Crippen molar-refractivity contribution >= 4 is 25.8 Å². The van der Waals surface area contributed by atoms with Gasteiger partial charge >= 0.3 is 9.15 Å². The molecule has 120 valence electrons. The molecule has 7 heteroatoms. The van der Waals surface area contributed by atoms with Gasteiger partial charge in [0.1, 0.15) is 5.84 Å². The van der Waals surface area contributed by atoms with E-state index in [1.54, 1.807) is 0 Å². The van der Waals surface area contributed by atoms with Gasteiger partial charge in [0.2, 0.25) is 0 Å². The first-order valence-corrected chi connectivity index (χ1v) is 10.6. The highest BCUT2D eigenvalue weighted by Gasteiger charge is 2.53. The van der Waals surface area contributed by atoms with Crippen LogP contribution in [0.5, 0.6) is 0 Å². The summed E-state index contributed by atoms with van der Waals surface area (Å²) < 4.78 is 30.3. The van der Waals surface area contributed by atoms with Crippen LogP contribution in [0.25, 0.3) is 0 Å². The van der Waals surface area contributed by atoms with E-state index in [-0.39, 0.29) is 17.2 Å². The Kier molecular flexibility index (Phi) is 4.03. The van der Waals surface area contributed by atoms with Crippen molar-refractivity contribution in [2.24, 2.45) is 33.9 Å². The van der Waals surface area contributed by atoms with Crippen LogP contribution in [-0.2, 0) is 9.15 Å². The molecule has 4 rings (SSSR count). The van der Waals surface area contributed by atoms with Crippen LogP contribution in [0.2, 0.25) is 0 Å². The predicted octanol–water partition coefficient (Wildman–Crippen LogP) is 2.48. The zero-order chi connectivity index (χ0) is 15.3. The number of rotatable bonds is 5. The van der Waals surface area contributed by atoms with Gasteiger partial charge in [-0.3, -0.25) is 9.55 Å². The topological polar surface area (TPSA) is 92.8 Å². The molecule has 0 spiro atoms. The Labute approximate surface area is 130 Å². The quantitative estimate of drug-likeness (QED) is 0.349. The van der Waals surface area contributed by atoms with Crippen LogP contribution in [0.4, 0.5) is 0 Å². The van der Waals surface area contributed by atoms with E-state index in [2.05, 4.69) is 11.9 Å². The Bertz CT molecular complexity index is 509. The van der Waals surface area contributed by atoms with E-state index < -0.39 is 9.15 Å². The fraction of sp³-hybridized carbons (Fsp3) is 0.929. The number of aliphatic imine (C=N–C) groups is 1. The van der Waals surface area contributed by atoms with Crippen LogP contribution in [-0.4, -0.2) is 30.6 Å². The van der Waals surface area contributed by atoms with Crippen molar-refractivity contribution in [3.63, 3.8) is 0 Å². The number of amidine groups is 1. The van der Waals surface area contributed by atoms with Gasteiger partial charge < -0.3 is 5.73 Å². The monoisotopic (exact) mass is 332 g/mol. The normalized spacial score (nSPS) is 40.5. The molecule has 0 aromatic carbocycles. The van der Waals surface area contributed by atoms with Crippen LogP contribution in [0.1, 0.15) is 45.4 Å². The molecule has 0 aromatic rings. The van der Waals surface area contributed by atoms with Crippen molar-refractivity contribution in [1.82, 2.24) is 0 Å². The maximum Gasteiger partial charge on any atom is 0.320 e. The molecule has 4 fully saturated rings. The van der Waals surface area contributed by atoms with Crippen molar-refractivity contribution in [2.75, 3.05) is 5.75 Å². The van der Waals surface area contributed by atoms with Gasteiger partial charge in [-0.1, -0.05) is 0 Å². The summed E-state index contributed by atoms with van der Waals surface area (Å²) in [6.45, 7) is 2.12. The zero-order valence-electron chi connectivity index (χ0n) is 12.4.